The lowest BCUT2D eigenvalue weighted by atomic mass is 10.0. The predicted octanol–water partition coefficient (Wildman–Crippen LogP) is 3.52. The molecule has 0 aliphatic rings. The molecule has 0 atom stereocenters. The molecule has 0 unspecified atom stereocenters. The van der Waals surface area contributed by atoms with Gasteiger partial charge < -0.3 is 10.3 Å². The summed E-state index contributed by atoms with van der Waals surface area (Å²) >= 11 is 0. The first-order chi connectivity index (χ1) is 12.5. The summed E-state index contributed by atoms with van der Waals surface area (Å²) < 4.78 is 0. The summed E-state index contributed by atoms with van der Waals surface area (Å²) in [6.07, 6.45) is 3.76. The number of amides is 1. The Morgan fingerprint density at radius 2 is 1.81 bits per heavy atom. The van der Waals surface area contributed by atoms with Crippen LogP contribution in [0.2, 0.25) is 0 Å². The van der Waals surface area contributed by atoms with Crippen LogP contribution in [-0.4, -0.2) is 17.4 Å². The molecule has 2 N–H and O–H groups in total. The Bertz CT molecular complexity index is 1020. The molecule has 0 aliphatic heterocycles. The molecular weight excluding hydrogens is 324 g/mol. The number of H-pyrrole nitrogens is 1. The Hall–Kier alpha value is -3.14. The molecular formula is C22H22N2O2. The van der Waals surface area contributed by atoms with Gasteiger partial charge in [0.2, 0.25) is 5.91 Å². The topological polar surface area (TPSA) is 62.0 Å². The van der Waals surface area contributed by atoms with Crippen LogP contribution >= 0.6 is 0 Å². The first kappa shape index (κ1) is 17.7. The van der Waals surface area contributed by atoms with E-state index in [1.165, 1.54) is 11.6 Å². The molecule has 0 radical (unpaired) electrons. The van der Waals surface area contributed by atoms with E-state index in [0.29, 0.717) is 18.5 Å². The highest BCUT2D eigenvalue weighted by Gasteiger charge is 2.05. The van der Waals surface area contributed by atoms with E-state index in [-0.39, 0.29) is 11.5 Å². The third-order valence-electron chi connectivity index (χ3n) is 4.46. The molecule has 0 saturated carbocycles. The fourth-order valence-electron chi connectivity index (χ4n) is 2.82. The van der Waals surface area contributed by atoms with Crippen LogP contribution in [0.3, 0.4) is 0 Å². The number of carbonyl (C=O) groups is 1. The molecule has 3 rings (SSSR count). The predicted molar refractivity (Wildman–Crippen MR) is 106 cm³/mol. The molecule has 2 aromatic carbocycles. The first-order valence-corrected chi connectivity index (χ1v) is 8.67. The van der Waals surface area contributed by atoms with Crippen LogP contribution in [0.4, 0.5) is 0 Å². The number of rotatable bonds is 5. The van der Waals surface area contributed by atoms with E-state index < -0.39 is 0 Å². The number of aryl methyl sites for hydroxylation is 2. The summed E-state index contributed by atoms with van der Waals surface area (Å²) in [5, 5.41) is 3.83. The zero-order valence-electron chi connectivity index (χ0n) is 15.0. The average molecular weight is 346 g/mol. The number of fused-ring (bicyclic) bond motifs is 1. The van der Waals surface area contributed by atoms with E-state index in [1.807, 2.05) is 49.4 Å². The van der Waals surface area contributed by atoms with Gasteiger partial charge >= 0.3 is 0 Å². The van der Waals surface area contributed by atoms with Crippen LogP contribution in [0.25, 0.3) is 17.0 Å². The van der Waals surface area contributed by atoms with Gasteiger partial charge in [0.25, 0.3) is 5.56 Å². The standard InChI is InChI=1S/C22H22N2O2/c1-15-12-19-14-18(22(26)24-20(19)13-16(15)2)10-11-23-21(25)9-8-17-6-4-3-5-7-17/h3-9,12-14H,10-11H2,1-2H3,(H,23,25)(H,24,26)/b9-8+. The highest BCUT2D eigenvalue weighted by Crippen LogP contribution is 2.17. The van der Waals surface area contributed by atoms with Crippen molar-refractivity contribution in [3.63, 3.8) is 0 Å². The van der Waals surface area contributed by atoms with Gasteiger partial charge in [-0.3, -0.25) is 9.59 Å². The van der Waals surface area contributed by atoms with Crippen molar-refractivity contribution in [1.82, 2.24) is 10.3 Å². The van der Waals surface area contributed by atoms with Crippen molar-refractivity contribution in [2.75, 3.05) is 6.54 Å². The Morgan fingerprint density at radius 3 is 2.58 bits per heavy atom. The lowest BCUT2D eigenvalue weighted by Gasteiger charge is -2.07. The van der Waals surface area contributed by atoms with E-state index in [0.717, 1.165) is 22.0 Å². The number of benzene rings is 2. The highest BCUT2D eigenvalue weighted by atomic mass is 16.1. The van der Waals surface area contributed by atoms with E-state index >= 15 is 0 Å². The fourth-order valence-corrected chi connectivity index (χ4v) is 2.82. The van der Waals surface area contributed by atoms with Crippen LogP contribution < -0.4 is 10.9 Å². The summed E-state index contributed by atoms with van der Waals surface area (Å²) in [5.41, 5.74) is 4.73. The second kappa shape index (κ2) is 7.83. The van der Waals surface area contributed by atoms with Crippen molar-refractivity contribution in [3.05, 3.63) is 87.2 Å². The lowest BCUT2D eigenvalue weighted by Crippen LogP contribution is -2.25. The van der Waals surface area contributed by atoms with Gasteiger partial charge in [0.1, 0.15) is 0 Å². The van der Waals surface area contributed by atoms with Crippen LogP contribution in [0.15, 0.2) is 59.4 Å². The van der Waals surface area contributed by atoms with Crippen molar-refractivity contribution in [2.24, 2.45) is 0 Å². The summed E-state index contributed by atoms with van der Waals surface area (Å²) in [4.78, 5) is 27.1. The van der Waals surface area contributed by atoms with Crippen LogP contribution in [0.1, 0.15) is 22.3 Å². The SMILES string of the molecule is Cc1cc2cc(CCNC(=O)/C=C/c3ccccc3)c(=O)[nH]c2cc1C. The molecule has 3 aromatic rings. The number of carbonyl (C=O) groups excluding carboxylic acids is 1. The van der Waals surface area contributed by atoms with Gasteiger partial charge in [-0.05, 0) is 66.6 Å². The molecule has 4 nitrogen and oxygen atoms in total. The van der Waals surface area contributed by atoms with Gasteiger partial charge in [-0.1, -0.05) is 30.3 Å². The van der Waals surface area contributed by atoms with Crippen molar-refractivity contribution in [2.45, 2.75) is 20.3 Å². The molecule has 0 saturated heterocycles. The summed E-state index contributed by atoms with van der Waals surface area (Å²) in [5.74, 6) is -0.169. The highest BCUT2D eigenvalue weighted by molar-refractivity contribution is 5.91. The van der Waals surface area contributed by atoms with Gasteiger partial charge in [0.05, 0.1) is 0 Å². The summed E-state index contributed by atoms with van der Waals surface area (Å²) in [6, 6.07) is 15.6. The second-order valence-corrected chi connectivity index (χ2v) is 6.43. The molecule has 26 heavy (non-hydrogen) atoms. The number of hydrogen-bond donors (Lipinski definition) is 2. The van der Waals surface area contributed by atoms with Crippen LogP contribution in [0.5, 0.6) is 0 Å². The molecule has 0 bridgehead atoms. The molecule has 0 aliphatic carbocycles. The lowest BCUT2D eigenvalue weighted by molar-refractivity contribution is -0.116. The van der Waals surface area contributed by atoms with E-state index in [9.17, 15) is 9.59 Å². The van der Waals surface area contributed by atoms with E-state index in [1.54, 1.807) is 6.08 Å². The minimum atomic E-state index is -0.169. The molecule has 0 fully saturated rings. The number of hydrogen-bond acceptors (Lipinski definition) is 2. The van der Waals surface area contributed by atoms with Gasteiger partial charge in [-0.25, -0.2) is 0 Å². The maximum absolute atomic E-state index is 12.2. The Morgan fingerprint density at radius 1 is 1.08 bits per heavy atom. The number of nitrogens with one attached hydrogen (secondary N) is 2. The molecule has 1 amide bonds. The van der Waals surface area contributed by atoms with Crippen LogP contribution in [-0.2, 0) is 11.2 Å². The molecule has 1 aromatic heterocycles. The Labute approximate surface area is 152 Å². The number of aromatic amines is 1. The van der Waals surface area contributed by atoms with E-state index in [4.69, 9.17) is 0 Å². The zero-order valence-corrected chi connectivity index (χ0v) is 15.0. The molecule has 4 heteroatoms. The first-order valence-electron chi connectivity index (χ1n) is 8.67. The van der Waals surface area contributed by atoms with Gasteiger partial charge in [-0.2, -0.15) is 0 Å². The summed E-state index contributed by atoms with van der Waals surface area (Å²) in [6.45, 7) is 4.50. The molecule has 132 valence electrons. The van der Waals surface area contributed by atoms with Gasteiger partial charge in [0.15, 0.2) is 0 Å². The van der Waals surface area contributed by atoms with Gasteiger partial charge in [0, 0.05) is 23.7 Å². The third-order valence-corrected chi connectivity index (χ3v) is 4.46. The maximum Gasteiger partial charge on any atom is 0.251 e. The average Bonchev–Trinajstić information content (AvgIpc) is 2.63. The molecule has 0 spiro atoms. The van der Waals surface area contributed by atoms with E-state index in [2.05, 4.69) is 23.3 Å². The normalized spacial score (nSPS) is 11.2. The summed E-state index contributed by atoms with van der Waals surface area (Å²) in [7, 11) is 0. The van der Waals surface area contributed by atoms with Crippen LogP contribution in [0, 0.1) is 13.8 Å². The zero-order chi connectivity index (χ0) is 18.5. The fraction of sp³-hybridized carbons (Fsp3) is 0.182. The van der Waals surface area contributed by atoms with Crippen molar-refractivity contribution < 1.29 is 4.79 Å². The second-order valence-electron chi connectivity index (χ2n) is 6.43. The largest absolute Gasteiger partial charge is 0.352 e. The smallest absolute Gasteiger partial charge is 0.251 e. The number of aromatic nitrogens is 1. The maximum atomic E-state index is 12.2. The quantitative estimate of drug-likeness (QED) is 0.695. The Balaban J connectivity index is 1.63. The third kappa shape index (κ3) is 4.28. The van der Waals surface area contributed by atoms with Gasteiger partial charge in [-0.15, -0.1) is 0 Å². The van der Waals surface area contributed by atoms with Crippen molar-refractivity contribution >= 4 is 22.9 Å². The monoisotopic (exact) mass is 346 g/mol. The van der Waals surface area contributed by atoms with Crippen molar-refractivity contribution in [1.29, 1.82) is 0 Å². The van der Waals surface area contributed by atoms with Crippen molar-refractivity contribution in [3.8, 4) is 0 Å². The minimum absolute atomic E-state index is 0.102. The Kier molecular flexibility index (Phi) is 5.32. The number of pyridine rings is 1. The minimum Gasteiger partial charge on any atom is -0.352 e. The molecule has 1 heterocycles.